The van der Waals surface area contributed by atoms with E-state index in [1.165, 1.54) is 12.1 Å². The highest BCUT2D eigenvalue weighted by molar-refractivity contribution is 6.30. The molecule has 0 fully saturated rings. The highest BCUT2D eigenvalue weighted by Crippen LogP contribution is 2.27. The van der Waals surface area contributed by atoms with E-state index in [0.717, 1.165) is 24.3 Å². The molecule has 0 saturated heterocycles. The first kappa shape index (κ1) is 17.1. The van der Waals surface area contributed by atoms with E-state index in [-0.39, 0.29) is 28.5 Å². The highest BCUT2D eigenvalue weighted by Gasteiger charge is 2.31. The Morgan fingerprint density at radius 3 is 2.43 bits per heavy atom. The average molecular weight is 349 g/mol. The summed E-state index contributed by atoms with van der Waals surface area (Å²) in [4.78, 5) is 10.6. The molecule has 0 radical (unpaired) electrons. The van der Waals surface area contributed by atoms with Crippen molar-refractivity contribution in [2.75, 3.05) is 0 Å². The zero-order valence-electron chi connectivity index (χ0n) is 11.4. The Bertz CT molecular complexity index is 716. The lowest BCUT2D eigenvalue weighted by atomic mass is 10.2. The number of carbonyl (C=O) groups is 1. The van der Waals surface area contributed by atoms with Crippen LogP contribution in [0.15, 0.2) is 36.4 Å². The van der Waals surface area contributed by atoms with Crippen LogP contribution in [0.4, 0.5) is 17.6 Å². The van der Waals surface area contributed by atoms with E-state index in [4.69, 9.17) is 16.3 Å². The van der Waals surface area contributed by atoms with Crippen molar-refractivity contribution < 1.29 is 31.8 Å². The van der Waals surface area contributed by atoms with Crippen molar-refractivity contribution in [3.05, 3.63) is 58.4 Å². The molecule has 2 aromatic carbocycles. The minimum absolute atomic E-state index is 0.0261. The van der Waals surface area contributed by atoms with Crippen LogP contribution >= 0.6 is 11.6 Å². The van der Waals surface area contributed by atoms with Gasteiger partial charge in [0.25, 0.3) is 0 Å². The van der Waals surface area contributed by atoms with Crippen LogP contribution in [0.25, 0.3) is 0 Å². The van der Waals surface area contributed by atoms with Gasteiger partial charge in [-0.25, -0.2) is 4.39 Å². The number of aldehydes is 1. The quantitative estimate of drug-likeness (QED) is 0.577. The Kier molecular flexibility index (Phi) is 5.10. The number of hydrogen-bond acceptors (Lipinski definition) is 3. The van der Waals surface area contributed by atoms with Crippen LogP contribution < -0.4 is 9.47 Å². The fourth-order valence-electron chi connectivity index (χ4n) is 1.80. The molecular weight excluding hydrogens is 340 g/mol. The number of halogens is 5. The first-order chi connectivity index (χ1) is 10.7. The largest absolute Gasteiger partial charge is 0.573 e. The molecule has 0 bridgehead atoms. The summed E-state index contributed by atoms with van der Waals surface area (Å²) in [6.45, 7) is -0.184. The van der Waals surface area contributed by atoms with Gasteiger partial charge in [-0.15, -0.1) is 13.2 Å². The SMILES string of the molecule is O=Cc1cc(F)cc(OCc2cc(Cl)cc(OC(F)(F)F)c2)c1. The van der Waals surface area contributed by atoms with Gasteiger partial charge in [0.2, 0.25) is 0 Å². The third-order valence-corrected chi connectivity index (χ3v) is 2.82. The lowest BCUT2D eigenvalue weighted by Crippen LogP contribution is -2.17. The summed E-state index contributed by atoms with van der Waals surface area (Å²) in [5.74, 6) is -1.10. The van der Waals surface area contributed by atoms with Crippen LogP contribution in [0.2, 0.25) is 5.02 Å². The maximum Gasteiger partial charge on any atom is 0.573 e. The standard InChI is InChI=1S/C15H9ClF4O3/c16-11-1-10(4-14(5-11)23-15(18,19)20)8-22-13-3-9(7-21)2-12(17)6-13/h1-7H,8H2. The van der Waals surface area contributed by atoms with Crippen molar-refractivity contribution >= 4 is 17.9 Å². The molecule has 2 rings (SSSR count). The first-order valence-corrected chi connectivity index (χ1v) is 6.57. The van der Waals surface area contributed by atoms with Crippen LogP contribution in [0.5, 0.6) is 11.5 Å². The lowest BCUT2D eigenvalue weighted by Gasteiger charge is -2.12. The Balaban J connectivity index is 2.14. The predicted molar refractivity (Wildman–Crippen MR) is 74.3 cm³/mol. The zero-order valence-corrected chi connectivity index (χ0v) is 12.1. The molecule has 0 atom stereocenters. The molecule has 0 saturated carbocycles. The molecule has 23 heavy (non-hydrogen) atoms. The van der Waals surface area contributed by atoms with Crippen LogP contribution in [0.1, 0.15) is 15.9 Å². The van der Waals surface area contributed by atoms with Gasteiger partial charge >= 0.3 is 6.36 Å². The second-order valence-corrected chi connectivity index (χ2v) is 4.91. The van der Waals surface area contributed by atoms with Crippen LogP contribution in [0.3, 0.4) is 0 Å². The monoisotopic (exact) mass is 348 g/mol. The molecule has 0 heterocycles. The van der Waals surface area contributed by atoms with Crippen molar-refractivity contribution in [2.24, 2.45) is 0 Å². The van der Waals surface area contributed by atoms with Crippen molar-refractivity contribution in [3.8, 4) is 11.5 Å². The third kappa shape index (κ3) is 5.45. The van der Waals surface area contributed by atoms with Crippen LogP contribution in [0, 0.1) is 5.82 Å². The number of hydrogen-bond donors (Lipinski definition) is 0. The molecule has 0 aliphatic carbocycles. The predicted octanol–water partition coefficient (Wildman–Crippen LogP) is 4.77. The molecule has 0 N–H and O–H groups in total. The molecule has 122 valence electrons. The number of rotatable bonds is 5. The summed E-state index contributed by atoms with van der Waals surface area (Å²) >= 11 is 5.72. The van der Waals surface area contributed by atoms with Gasteiger partial charge in [0.05, 0.1) is 0 Å². The Hall–Kier alpha value is -2.28. The van der Waals surface area contributed by atoms with E-state index in [9.17, 15) is 22.4 Å². The smallest absolute Gasteiger partial charge is 0.489 e. The summed E-state index contributed by atoms with van der Waals surface area (Å²) in [5, 5.41) is 0.0261. The van der Waals surface area contributed by atoms with Gasteiger partial charge in [-0.05, 0) is 35.9 Å². The van der Waals surface area contributed by atoms with Gasteiger partial charge in [-0.3, -0.25) is 4.79 Å². The topological polar surface area (TPSA) is 35.5 Å². The summed E-state index contributed by atoms with van der Waals surface area (Å²) in [7, 11) is 0. The van der Waals surface area contributed by atoms with Crippen molar-refractivity contribution in [1.29, 1.82) is 0 Å². The maximum absolute atomic E-state index is 13.2. The summed E-state index contributed by atoms with van der Waals surface area (Å²) < 4.78 is 58.9. The first-order valence-electron chi connectivity index (χ1n) is 6.19. The van der Waals surface area contributed by atoms with Crippen LogP contribution in [-0.4, -0.2) is 12.6 Å². The second kappa shape index (κ2) is 6.87. The molecule has 0 aromatic heterocycles. The van der Waals surface area contributed by atoms with Gasteiger partial charge in [0.15, 0.2) is 0 Å². The number of alkyl halides is 3. The second-order valence-electron chi connectivity index (χ2n) is 4.47. The Morgan fingerprint density at radius 1 is 1.04 bits per heavy atom. The van der Waals surface area contributed by atoms with Gasteiger partial charge in [0.1, 0.15) is 30.2 Å². The highest BCUT2D eigenvalue weighted by atomic mass is 35.5. The third-order valence-electron chi connectivity index (χ3n) is 2.60. The number of benzene rings is 2. The van der Waals surface area contributed by atoms with Crippen molar-refractivity contribution in [3.63, 3.8) is 0 Å². The average Bonchev–Trinajstić information content (AvgIpc) is 2.42. The Labute approximate surface area is 133 Å². The molecule has 8 heteroatoms. The van der Waals surface area contributed by atoms with E-state index in [0.29, 0.717) is 6.29 Å². The van der Waals surface area contributed by atoms with Crippen LogP contribution in [-0.2, 0) is 6.61 Å². The molecule has 0 aliphatic heterocycles. The maximum atomic E-state index is 13.2. The molecule has 0 amide bonds. The number of ether oxygens (including phenoxy) is 2. The van der Waals surface area contributed by atoms with E-state index < -0.39 is 17.9 Å². The normalized spacial score (nSPS) is 11.2. The van der Waals surface area contributed by atoms with Crippen molar-refractivity contribution in [1.82, 2.24) is 0 Å². The molecule has 3 nitrogen and oxygen atoms in total. The molecule has 2 aromatic rings. The van der Waals surface area contributed by atoms with Gasteiger partial charge in [0, 0.05) is 16.7 Å². The summed E-state index contributed by atoms with van der Waals surface area (Å²) in [6.07, 6.45) is -4.39. The summed E-state index contributed by atoms with van der Waals surface area (Å²) in [6, 6.07) is 6.85. The molecule has 0 unspecified atom stereocenters. The molecular formula is C15H9ClF4O3. The molecule has 0 aliphatic rings. The van der Waals surface area contributed by atoms with E-state index in [1.807, 2.05) is 0 Å². The van der Waals surface area contributed by atoms with Crippen molar-refractivity contribution in [2.45, 2.75) is 13.0 Å². The Morgan fingerprint density at radius 2 is 1.78 bits per heavy atom. The van der Waals surface area contributed by atoms with E-state index in [2.05, 4.69) is 4.74 Å². The zero-order chi connectivity index (χ0) is 17.0. The lowest BCUT2D eigenvalue weighted by molar-refractivity contribution is -0.274. The van der Waals surface area contributed by atoms with Gasteiger partial charge in [-0.2, -0.15) is 0 Å². The minimum Gasteiger partial charge on any atom is -0.489 e. The van der Waals surface area contributed by atoms with Gasteiger partial charge in [-0.1, -0.05) is 11.6 Å². The number of carbonyl (C=O) groups excluding carboxylic acids is 1. The van der Waals surface area contributed by atoms with Gasteiger partial charge < -0.3 is 9.47 Å². The molecule has 0 spiro atoms. The summed E-state index contributed by atoms with van der Waals surface area (Å²) in [5.41, 5.74) is 0.362. The minimum atomic E-state index is -4.84. The van der Waals surface area contributed by atoms with E-state index >= 15 is 0 Å². The van der Waals surface area contributed by atoms with E-state index in [1.54, 1.807) is 0 Å². The fraction of sp³-hybridized carbons (Fsp3) is 0.133. The fourth-order valence-corrected chi connectivity index (χ4v) is 2.05.